The lowest BCUT2D eigenvalue weighted by atomic mass is 9.85. The van der Waals surface area contributed by atoms with E-state index >= 15 is 0 Å². The molecule has 1 aromatic heterocycles. The van der Waals surface area contributed by atoms with Gasteiger partial charge in [-0.25, -0.2) is 0 Å². The maximum Gasteiger partial charge on any atom is 0.391 e. The van der Waals surface area contributed by atoms with Crippen LogP contribution in [0.5, 0.6) is 0 Å². The van der Waals surface area contributed by atoms with Gasteiger partial charge in [-0.3, -0.25) is 0 Å². The van der Waals surface area contributed by atoms with Crippen LogP contribution < -0.4 is 5.32 Å². The molecule has 0 bridgehead atoms. The van der Waals surface area contributed by atoms with E-state index in [1.807, 2.05) is 0 Å². The number of furan rings is 1. The van der Waals surface area contributed by atoms with Gasteiger partial charge in [-0.05, 0) is 47.7 Å². The first-order valence-electron chi connectivity index (χ1n) is 5.99. The molecular formula is C12H15BrF3NO. The molecule has 1 aliphatic rings. The third kappa shape index (κ3) is 3.51. The third-order valence-electron chi connectivity index (χ3n) is 3.43. The first kappa shape index (κ1) is 13.9. The lowest BCUT2D eigenvalue weighted by Gasteiger charge is -2.30. The maximum atomic E-state index is 12.5. The van der Waals surface area contributed by atoms with Gasteiger partial charge in [0.25, 0.3) is 0 Å². The summed E-state index contributed by atoms with van der Waals surface area (Å²) in [4.78, 5) is 0. The van der Waals surface area contributed by atoms with Crippen LogP contribution in [0.4, 0.5) is 13.2 Å². The fraction of sp³-hybridized carbons (Fsp3) is 0.667. The summed E-state index contributed by atoms with van der Waals surface area (Å²) < 4.78 is 43.6. The van der Waals surface area contributed by atoms with Crippen LogP contribution in [0.25, 0.3) is 0 Å². The standard InChI is InChI=1S/C12H15BrF3NO/c13-10-5-6-18-11(10)7-17-9-3-1-8(2-4-9)12(14,15)16/h5-6,8-9,17H,1-4,7H2. The molecule has 1 saturated carbocycles. The van der Waals surface area contributed by atoms with Crippen molar-refractivity contribution in [3.8, 4) is 0 Å². The van der Waals surface area contributed by atoms with Crippen LogP contribution in [0.1, 0.15) is 31.4 Å². The first-order chi connectivity index (χ1) is 8.47. The molecule has 0 saturated heterocycles. The molecule has 102 valence electrons. The second kappa shape index (κ2) is 5.65. The van der Waals surface area contributed by atoms with Gasteiger partial charge in [-0.1, -0.05) is 0 Å². The molecule has 0 amide bonds. The van der Waals surface area contributed by atoms with Gasteiger partial charge in [0.1, 0.15) is 5.76 Å². The molecule has 1 fully saturated rings. The van der Waals surface area contributed by atoms with Crippen molar-refractivity contribution in [3.05, 3.63) is 22.6 Å². The number of hydrogen-bond donors (Lipinski definition) is 1. The molecule has 0 aromatic carbocycles. The monoisotopic (exact) mass is 325 g/mol. The Balaban J connectivity index is 1.76. The Morgan fingerprint density at radius 3 is 2.44 bits per heavy atom. The molecule has 18 heavy (non-hydrogen) atoms. The lowest BCUT2D eigenvalue weighted by molar-refractivity contribution is -0.182. The van der Waals surface area contributed by atoms with Crippen molar-refractivity contribution in [2.24, 2.45) is 5.92 Å². The Bertz CT molecular complexity index is 383. The molecule has 1 aromatic rings. The van der Waals surface area contributed by atoms with Gasteiger partial charge < -0.3 is 9.73 Å². The summed E-state index contributed by atoms with van der Waals surface area (Å²) in [7, 11) is 0. The summed E-state index contributed by atoms with van der Waals surface area (Å²) in [6.07, 6.45) is -0.858. The van der Waals surface area contributed by atoms with Gasteiger partial charge in [-0.15, -0.1) is 0 Å². The van der Waals surface area contributed by atoms with Gasteiger partial charge in [-0.2, -0.15) is 13.2 Å². The van der Waals surface area contributed by atoms with Crippen molar-refractivity contribution in [1.29, 1.82) is 0 Å². The van der Waals surface area contributed by atoms with Crippen molar-refractivity contribution in [3.63, 3.8) is 0 Å². The summed E-state index contributed by atoms with van der Waals surface area (Å²) in [6.45, 7) is 0.551. The predicted molar refractivity (Wildman–Crippen MR) is 65.0 cm³/mol. The molecule has 1 heterocycles. The number of halogens is 4. The second-order valence-electron chi connectivity index (χ2n) is 4.66. The second-order valence-corrected chi connectivity index (χ2v) is 5.52. The zero-order chi connectivity index (χ0) is 13.2. The van der Waals surface area contributed by atoms with Crippen LogP contribution in [0, 0.1) is 5.92 Å². The van der Waals surface area contributed by atoms with Gasteiger partial charge in [0.2, 0.25) is 0 Å². The van der Waals surface area contributed by atoms with E-state index in [-0.39, 0.29) is 18.9 Å². The van der Waals surface area contributed by atoms with Crippen molar-refractivity contribution in [2.75, 3.05) is 0 Å². The minimum absolute atomic E-state index is 0.153. The molecule has 0 radical (unpaired) electrons. The van der Waals surface area contributed by atoms with E-state index < -0.39 is 12.1 Å². The van der Waals surface area contributed by atoms with Crippen LogP contribution in [-0.4, -0.2) is 12.2 Å². The maximum absolute atomic E-state index is 12.5. The Hall–Kier alpha value is -0.490. The third-order valence-corrected chi connectivity index (χ3v) is 4.14. The Kier molecular flexibility index (Phi) is 4.37. The van der Waals surface area contributed by atoms with E-state index in [2.05, 4.69) is 21.2 Å². The van der Waals surface area contributed by atoms with Crippen LogP contribution in [0.15, 0.2) is 21.2 Å². The SMILES string of the molecule is FC(F)(F)C1CCC(NCc2occc2Br)CC1. The van der Waals surface area contributed by atoms with Crippen LogP contribution >= 0.6 is 15.9 Å². The molecule has 2 nitrogen and oxygen atoms in total. The van der Waals surface area contributed by atoms with Gasteiger partial charge >= 0.3 is 6.18 Å². The minimum atomic E-state index is -4.03. The number of nitrogens with one attached hydrogen (secondary N) is 1. The van der Waals surface area contributed by atoms with E-state index in [0.29, 0.717) is 19.4 Å². The average Bonchev–Trinajstić information content (AvgIpc) is 2.72. The summed E-state index contributed by atoms with van der Waals surface area (Å²) in [5.41, 5.74) is 0. The highest BCUT2D eigenvalue weighted by Gasteiger charge is 2.41. The Morgan fingerprint density at radius 2 is 1.94 bits per heavy atom. The topological polar surface area (TPSA) is 25.2 Å². The van der Waals surface area contributed by atoms with E-state index in [9.17, 15) is 13.2 Å². The highest BCUT2D eigenvalue weighted by atomic mass is 79.9. The fourth-order valence-corrected chi connectivity index (χ4v) is 2.65. The normalized spacial score (nSPS) is 25.3. The zero-order valence-electron chi connectivity index (χ0n) is 9.77. The molecule has 6 heteroatoms. The minimum Gasteiger partial charge on any atom is -0.467 e. The largest absolute Gasteiger partial charge is 0.467 e. The quantitative estimate of drug-likeness (QED) is 0.898. The number of alkyl halides is 3. The molecular weight excluding hydrogens is 311 g/mol. The summed E-state index contributed by atoms with van der Waals surface area (Å²) in [5, 5.41) is 3.25. The molecule has 0 aliphatic heterocycles. The van der Waals surface area contributed by atoms with E-state index in [1.54, 1.807) is 12.3 Å². The molecule has 1 N–H and O–H groups in total. The van der Waals surface area contributed by atoms with Gasteiger partial charge in [0.15, 0.2) is 0 Å². The summed E-state index contributed by atoms with van der Waals surface area (Å²) in [5.74, 6) is -0.334. The van der Waals surface area contributed by atoms with Gasteiger partial charge in [0, 0.05) is 6.04 Å². The van der Waals surface area contributed by atoms with Gasteiger partial charge in [0.05, 0.1) is 23.2 Å². The first-order valence-corrected chi connectivity index (χ1v) is 6.78. The molecule has 1 aliphatic carbocycles. The van der Waals surface area contributed by atoms with E-state index in [0.717, 1.165) is 10.2 Å². The van der Waals surface area contributed by atoms with Crippen LogP contribution in [0.2, 0.25) is 0 Å². The fourth-order valence-electron chi connectivity index (χ4n) is 2.31. The Labute approximate surface area is 112 Å². The number of hydrogen-bond acceptors (Lipinski definition) is 2. The molecule has 0 spiro atoms. The average molecular weight is 326 g/mol. The predicted octanol–water partition coefficient (Wildman–Crippen LogP) is 4.25. The van der Waals surface area contributed by atoms with Crippen LogP contribution in [-0.2, 0) is 6.54 Å². The van der Waals surface area contributed by atoms with E-state index in [4.69, 9.17) is 4.42 Å². The van der Waals surface area contributed by atoms with Crippen molar-refractivity contribution < 1.29 is 17.6 Å². The van der Waals surface area contributed by atoms with E-state index in [1.165, 1.54) is 0 Å². The summed E-state index contributed by atoms with van der Waals surface area (Å²) >= 11 is 3.34. The van der Waals surface area contributed by atoms with Crippen LogP contribution in [0.3, 0.4) is 0 Å². The van der Waals surface area contributed by atoms with Crippen molar-refractivity contribution in [1.82, 2.24) is 5.32 Å². The van der Waals surface area contributed by atoms with Crippen molar-refractivity contribution >= 4 is 15.9 Å². The zero-order valence-corrected chi connectivity index (χ0v) is 11.4. The summed E-state index contributed by atoms with van der Waals surface area (Å²) in [6, 6.07) is 1.96. The van der Waals surface area contributed by atoms with Crippen molar-refractivity contribution in [2.45, 2.75) is 44.4 Å². The lowest BCUT2D eigenvalue weighted by Crippen LogP contribution is -2.36. The number of rotatable bonds is 3. The Morgan fingerprint density at radius 1 is 1.28 bits per heavy atom. The molecule has 0 unspecified atom stereocenters. The smallest absolute Gasteiger partial charge is 0.391 e. The highest BCUT2D eigenvalue weighted by molar-refractivity contribution is 9.10. The molecule has 0 atom stereocenters. The molecule has 2 rings (SSSR count). The highest BCUT2D eigenvalue weighted by Crippen LogP contribution is 2.37.